The van der Waals surface area contributed by atoms with Crippen LogP contribution in [0.3, 0.4) is 0 Å². The first kappa shape index (κ1) is 14.7. The van der Waals surface area contributed by atoms with E-state index < -0.39 is 0 Å². The van der Waals surface area contributed by atoms with Crippen molar-refractivity contribution in [2.24, 2.45) is 10.8 Å². The van der Waals surface area contributed by atoms with Crippen LogP contribution in [0.25, 0.3) is 0 Å². The number of allylic oxidation sites excluding steroid dienone is 2. The van der Waals surface area contributed by atoms with E-state index in [2.05, 4.69) is 41.5 Å². The van der Waals surface area contributed by atoms with Gasteiger partial charge in [0.15, 0.2) is 0 Å². The van der Waals surface area contributed by atoms with Gasteiger partial charge in [0, 0.05) is 0 Å². The van der Waals surface area contributed by atoms with Crippen LogP contribution in [0.15, 0.2) is 11.1 Å². The highest BCUT2D eigenvalue weighted by Gasteiger charge is 2.35. The average Bonchev–Trinajstić information content (AvgIpc) is 2.02. The lowest BCUT2D eigenvalue weighted by atomic mass is 9.64. The van der Waals surface area contributed by atoms with E-state index >= 15 is 0 Å². The van der Waals surface area contributed by atoms with E-state index in [-0.39, 0.29) is 0 Å². The van der Waals surface area contributed by atoms with Crippen LogP contribution in [0, 0.1) is 10.8 Å². The third-order valence-corrected chi connectivity index (χ3v) is 3.21. The summed E-state index contributed by atoms with van der Waals surface area (Å²) in [5, 5.41) is 0. The van der Waals surface area contributed by atoms with Gasteiger partial charge in [-0.05, 0) is 37.0 Å². The molecule has 0 radical (unpaired) electrons. The van der Waals surface area contributed by atoms with Crippen molar-refractivity contribution >= 4 is 0 Å². The van der Waals surface area contributed by atoms with Gasteiger partial charge in [0.25, 0.3) is 0 Å². The van der Waals surface area contributed by atoms with Gasteiger partial charge in [0.2, 0.25) is 0 Å². The van der Waals surface area contributed by atoms with Gasteiger partial charge in [0.05, 0.1) is 0 Å². The first-order valence-corrected chi connectivity index (χ1v) is 6.46. The molecule has 1 rings (SSSR count). The fourth-order valence-corrected chi connectivity index (χ4v) is 3.28. The molecule has 15 heavy (non-hydrogen) atoms. The average molecular weight is 210 g/mol. The highest BCUT2D eigenvalue weighted by molar-refractivity contribution is 5.27. The Labute approximate surface area is 97.2 Å². The van der Waals surface area contributed by atoms with Crippen LogP contribution < -0.4 is 0 Å². The second-order valence-corrected chi connectivity index (χ2v) is 6.14. The van der Waals surface area contributed by atoms with E-state index in [9.17, 15) is 0 Å². The molecule has 0 unspecified atom stereocenters. The molecule has 90 valence electrons. The standard InChI is InChI=1S/C13H24.C2H6/c1-10-8-7-9-13(5,6)11(10)12(2,3)4;1-2/h7-9H2,1-6H3;1-2H3. The van der Waals surface area contributed by atoms with Crippen molar-refractivity contribution in [2.75, 3.05) is 0 Å². The molecule has 0 amide bonds. The zero-order valence-corrected chi connectivity index (χ0v) is 12.1. The molecule has 1 aliphatic rings. The van der Waals surface area contributed by atoms with Crippen molar-refractivity contribution in [1.29, 1.82) is 0 Å². The van der Waals surface area contributed by atoms with Crippen LogP contribution in [0.1, 0.15) is 74.7 Å². The van der Waals surface area contributed by atoms with E-state index in [1.165, 1.54) is 19.3 Å². The third kappa shape index (κ3) is 3.66. The molecule has 0 aromatic carbocycles. The summed E-state index contributed by atoms with van der Waals surface area (Å²) in [6.07, 6.45) is 4.05. The van der Waals surface area contributed by atoms with Crippen molar-refractivity contribution in [3.05, 3.63) is 11.1 Å². The molecule has 1 aliphatic carbocycles. The highest BCUT2D eigenvalue weighted by atomic mass is 14.4. The molecular formula is C15H30. The van der Waals surface area contributed by atoms with Crippen LogP contribution in [0.5, 0.6) is 0 Å². The molecule has 0 N–H and O–H groups in total. The zero-order chi connectivity index (χ0) is 12.3. The van der Waals surface area contributed by atoms with Crippen LogP contribution >= 0.6 is 0 Å². The Morgan fingerprint density at radius 2 is 1.53 bits per heavy atom. The van der Waals surface area contributed by atoms with Gasteiger partial charge in [-0.25, -0.2) is 0 Å². The summed E-state index contributed by atoms with van der Waals surface area (Å²) < 4.78 is 0. The summed E-state index contributed by atoms with van der Waals surface area (Å²) in [6, 6.07) is 0. The minimum Gasteiger partial charge on any atom is -0.0730 e. The molecule has 0 bridgehead atoms. The Hall–Kier alpha value is -0.260. The summed E-state index contributed by atoms with van der Waals surface area (Å²) in [6.45, 7) is 18.2. The molecule has 0 spiro atoms. The van der Waals surface area contributed by atoms with Crippen LogP contribution in [0.2, 0.25) is 0 Å². The molecular weight excluding hydrogens is 180 g/mol. The van der Waals surface area contributed by atoms with E-state index in [0.717, 1.165) is 0 Å². The summed E-state index contributed by atoms with van der Waals surface area (Å²) in [7, 11) is 0. The normalized spacial score (nSPS) is 20.8. The number of hydrogen-bond acceptors (Lipinski definition) is 0. The fraction of sp³-hybridized carbons (Fsp3) is 0.867. The van der Waals surface area contributed by atoms with Crippen molar-refractivity contribution in [2.45, 2.75) is 74.7 Å². The van der Waals surface area contributed by atoms with Crippen LogP contribution in [-0.4, -0.2) is 0 Å². The first-order valence-electron chi connectivity index (χ1n) is 6.46. The predicted octanol–water partition coefficient (Wildman–Crippen LogP) is 5.59. The van der Waals surface area contributed by atoms with Gasteiger partial charge in [-0.2, -0.15) is 0 Å². The molecule has 0 atom stereocenters. The smallest absolute Gasteiger partial charge is 0.0137 e. The van der Waals surface area contributed by atoms with Gasteiger partial charge in [0.1, 0.15) is 0 Å². The van der Waals surface area contributed by atoms with Gasteiger partial charge >= 0.3 is 0 Å². The lowest BCUT2D eigenvalue weighted by molar-refractivity contribution is 0.286. The molecule has 0 aromatic heterocycles. The lowest BCUT2D eigenvalue weighted by Crippen LogP contribution is -2.29. The van der Waals surface area contributed by atoms with Crippen molar-refractivity contribution in [3.8, 4) is 0 Å². The maximum atomic E-state index is 2.40. The van der Waals surface area contributed by atoms with E-state index in [1.807, 2.05) is 13.8 Å². The first-order chi connectivity index (χ1) is 6.75. The Balaban J connectivity index is 0.000000921. The summed E-state index contributed by atoms with van der Waals surface area (Å²) >= 11 is 0. The Bertz CT molecular complexity index is 223. The Kier molecular flexibility index (Phi) is 5.09. The topological polar surface area (TPSA) is 0 Å². The summed E-state index contributed by atoms with van der Waals surface area (Å²) in [4.78, 5) is 0. The van der Waals surface area contributed by atoms with Crippen molar-refractivity contribution < 1.29 is 0 Å². The third-order valence-electron chi connectivity index (χ3n) is 3.21. The maximum Gasteiger partial charge on any atom is -0.0137 e. The van der Waals surface area contributed by atoms with Gasteiger partial charge < -0.3 is 0 Å². The lowest BCUT2D eigenvalue weighted by Gasteiger charge is -2.42. The molecule has 0 heterocycles. The van der Waals surface area contributed by atoms with Gasteiger partial charge in [-0.3, -0.25) is 0 Å². The molecule has 0 nitrogen and oxygen atoms in total. The molecule has 0 aliphatic heterocycles. The predicted molar refractivity (Wildman–Crippen MR) is 71.1 cm³/mol. The molecule has 0 saturated heterocycles. The summed E-state index contributed by atoms with van der Waals surface area (Å²) in [5.74, 6) is 0. The van der Waals surface area contributed by atoms with E-state index in [4.69, 9.17) is 0 Å². The summed E-state index contributed by atoms with van der Waals surface area (Å²) in [5.41, 5.74) is 4.13. The van der Waals surface area contributed by atoms with Crippen LogP contribution in [0.4, 0.5) is 0 Å². The van der Waals surface area contributed by atoms with Crippen LogP contribution in [-0.2, 0) is 0 Å². The molecule has 0 fully saturated rings. The highest BCUT2D eigenvalue weighted by Crippen LogP contribution is 2.48. The minimum atomic E-state index is 0.355. The molecule has 0 aromatic rings. The molecule has 0 heteroatoms. The molecule has 0 saturated carbocycles. The quantitative estimate of drug-likeness (QED) is 0.457. The fourth-order valence-electron chi connectivity index (χ4n) is 3.28. The second kappa shape index (κ2) is 5.18. The Morgan fingerprint density at radius 3 is 1.80 bits per heavy atom. The number of hydrogen-bond donors (Lipinski definition) is 0. The monoisotopic (exact) mass is 210 g/mol. The second-order valence-electron chi connectivity index (χ2n) is 6.14. The van der Waals surface area contributed by atoms with E-state index in [1.54, 1.807) is 11.1 Å². The maximum absolute atomic E-state index is 2.40. The van der Waals surface area contributed by atoms with E-state index in [0.29, 0.717) is 10.8 Å². The van der Waals surface area contributed by atoms with Gasteiger partial charge in [-0.1, -0.05) is 59.6 Å². The van der Waals surface area contributed by atoms with Crippen molar-refractivity contribution in [1.82, 2.24) is 0 Å². The zero-order valence-electron chi connectivity index (χ0n) is 12.1. The minimum absolute atomic E-state index is 0.355. The number of rotatable bonds is 0. The largest absolute Gasteiger partial charge is 0.0730 e. The SMILES string of the molecule is CC.CC1=C(C(C)(C)C)C(C)(C)CCC1. The Morgan fingerprint density at radius 1 is 1.07 bits per heavy atom. The van der Waals surface area contributed by atoms with Gasteiger partial charge in [-0.15, -0.1) is 0 Å². The van der Waals surface area contributed by atoms with Crippen molar-refractivity contribution in [3.63, 3.8) is 0 Å².